The monoisotopic (exact) mass is 350 g/mol. The van der Waals surface area contributed by atoms with Gasteiger partial charge in [-0.3, -0.25) is 4.98 Å². The van der Waals surface area contributed by atoms with Gasteiger partial charge in [0, 0.05) is 6.20 Å². The molecule has 0 atom stereocenters. The van der Waals surface area contributed by atoms with E-state index in [-0.39, 0.29) is 23.8 Å². The molecule has 0 aliphatic heterocycles. The smallest absolute Gasteiger partial charge is 0.245 e. The van der Waals surface area contributed by atoms with Crippen LogP contribution < -0.4 is 14.2 Å². The SMILES string of the molecule is COc1ccc(F)cc1S(=O)(=O)NCC#CCOc1cccnc1. The maximum Gasteiger partial charge on any atom is 0.245 e. The molecule has 0 spiro atoms. The second kappa shape index (κ2) is 8.29. The van der Waals surface area contributed by atoms with Gasteiger partial charge in [0.2, 0.25) is 10.0 Å². The minimum absolute atomic E-state index is 0.0526. The lowest BCUT2D eigenvalue weighted by molar-refractivity contribution is 0.368. The van der Waals surface area contributed by atoms with Gasteiger partial charge in [0.1, 0.15) is 28.8 Å². The summed E-state index contributed by atoms with van der Waals surface area (Å²) in [6.45, 7) is -0.0465. The molecule has 0 fully saturated rings. The average Bonchev–Trinajstić information content (AvgIpc) is 2.59. The molecule has 0 aliphatic carbocycles. The third-order valence-electron chi connectivity index (χ3n) is 2.84. The van der Waals surface area contributed by atoms with Gasteiger partial charge in [0.25, 0.3) is 0 Å². The molecular weight excluding hydrogens is 335 g/mol. The van der Waals surface area contributed by atoms with Crippen LogP contribution in [0.1, 0.15) is 0 Å². The van der Waals surface area contributed by atoms with Crippen LogP contribution in [0.25, 0.3) is 0 Å². The number of halogens is 1. The van der Waals surface area contributed by atoms with E-state index in [1.807, 2.05) is 0 Å². The van der Waals surface area contributed by atoms with E-state index in [2.05, 4.69) is 21.5 Å². The van der Waals surface area contributed by atoms with Crippen LogP contribution in [0.5, 0.6) is 11.5 Å². The van der Waals surface area contributed by atoms with Crippen molar-refractivity contribution in [2.45, 2.75) is 4.90 Å². The summed E-state index contributed by atoms with van der Waals surface area (Å²) in [5.74, 6) is 5.22. The molecule has 1 heterocycles. The highest BCUT2D eigenvalue weighted by molar-refractivity contribution is 7.89. The van der Waals surface area contributed by atoms with Gasteiger partial charge in [-0.15, -0.1) is 0 Å². The van der Waals surface area contributed by atoms with Crippen LogP contribution in [0.2, 0.25) is 0 Å². The lowest BCUT2D eigenvalue weighted by Gasteiger charge is -2.09. The molecule has 0 unspecified atom stereocenters. The van der Waals surface area contributed by atoms with Crippen molar-refractivity contribution in [2.75, 3.05) is 20.3 Å². The maximum absolute atomic E-state index is 13.3. The van der Waals surface area contributed by atoms with E-state index in [0.717, 1.165) is 12.1 Å². The number of pyridine rings is 1. The first kappa shape index (κ1) is 17.7. The first-order chi connectivity index (χ1) is 11.5. The predicted molar refractivity (Wildman–Crippen MR) is 85.6 cm³/mol. The number of sulfonamides is 1. The Labute approximate surface area is 139 Å². The summed E-state index contributed by atoms with van der Waals surface area (Å²) in [5.41, 5.74) is 0. The second-order valence-electron chi connectivity index (χ2n) is 4.45. The molecule has 0 aliphatic rings. The van der Waals surface area contributed by atoms with E-state index in [9.17, 15) is 12.8 Å². The van der Waals surface area contributed by atoms with Crippen LogP contribution in [0.3, 0.4) is 0 Å². The molecule has 2 rings (SSSR count). The van der Waals surface area contributed by atoms with E-state index < -0.39 is 15.8 Å². The van der Waals surface area contributed by atoms with Gasteiger partial charge < -0.3 is 9.47 Å². The van der Waals surface area contributed by atoms with Gasteiger partial charge in [-0.25, -0.2) is 12.8 Å². The van der Waals surface area contributed by atoms with Crippen LogP contribution in [0.4, 0.5) is 4.39 Å². The van der Waals surface area contributed by atoms with Crippen molar-refractivity contribution in [2.24, 2.45) is 0 Å². The highest BCUT2D eigenvalue weighted by Gasteiger charge is 2.19. The number of nitrogens with zero attached hydrogens (tertiary/aromatic N) is 1. The van der Waals surface area contributed by atoms with Gasteiger partial charge in [-0.05, 0) is 30.3 Å². The molecule has 1 aromatic heterocycles. The van der Waals surface area contributed by atoms with Crippen molar-refractivity contribution in [3.63, 3.8) is 0 Å². The predicted octanol–water partition coefficient (Wildman–Crippen LogP) is 1.59. The number of methoxy groups -OCH3 is 1. The zero-order valence-corrected chi connectivity index (χ0v) is 13.6. The largest absolute Gasteiger partial charge is 0.495 e. The Morgan fingerprint density at radius 1 is 1.29 bits per heavy atom. The van der Waals surface area contributed by atoms with Crippen LogP contribution in [-0.4, -0.2) is 33.7 Å². The molecule has 24 heavy (non-hydrogen) atoms. The summed E-state index contributed by atoms with van der Waals surface area (Å²) >= 11 is 0. The summed E-state index contributed by atoms with van der Waals surface area (Å²) in [4.78, 5) is 3.60. The first-order valence-corrected chi connectivity index (χ1v) is 8.33. The first-order valence-electron chi connectivity index (χ1n) is 6.84. The molecule has 2 aromatic rings. The summed E-state index contributed by atoms with van der Waals surface area (Å²) in [6.07, 6.45) is 3.16. The van der Waals surface area contributed by atoms with E-state index in [0.29, 0.717) is 5.75 Å². The lowest BCUT2D eigenvalue weighted by Crippen LogP contribution is -2.24. The Bertz CT molecular complexity index is 845. The van der Waals surface area contributed by atoms with Crippen LogP contribution in [0.15, 0.2) is 47.6 Å². The zero-order chi connectivity index (χ0) is 17.4. The minimum Gasteiger partial charge on any atom is -0.495 e. The number of benzene rings is 1. The Hall–Kier alpha value is -2.63. The number of aromatic nitrogens is 1. The number of hydrogen-bond donors (Lipinski definition) is 1. The van der Waals surface area contributed by atoms with Gasteiger partial charge >= 0.3 is 0 Å². The van der Waals surface area contributed by atoms with Gasteiger partial charge in [-0.1, -0.05) is 11.8 Å². The van der Waals surface area contributed by atoms with Crippen molar-refractivity contribution >= 4 is 10.0 Å². The fourth-order valence-corrected chi connectivity index (χ4v) is 2.84. The van der Waals surface area contributed by atoms with Crippen molar-refractivity contribution < 1.29 is 22.3 Å². The molecule has 8 heteroatoms. The lowest BCUT2D eigenvalue weighted by atomic mass is 10.3. The minimum atomic E-state index is -3.93. The second-order valence-corrected chi connectivity index (χ2v) is 6.19. The number of nitrogens with one attached hydrogen (secondary N) is 1. The molecular formula is C16H15FN2O4S. The molecule has 0 bridgehead atoms. The van der Waals surface area contributed by atoms with Crippen LogP contribution in [0, 0.1) is 17.7 Å². The van der Waals surface area contributed by atoms with Gasteiger partial charge in [0.15, 0.2) is 0 Å². The highest BCUT2D eigenvalue weighted by atomic mass is 32.2. The Morgan fingerprint density at radius 2 is 2.12 bits per heavy atom. The fraction of sp³-hybridized carbons (Fsp3) is 0.188. The molecule has 0 saturated heterocycles. The molecule has 0 saturated carbocycles. The number of ether oxygens (including phenoxy) is 2. The molecule has 6 nitrogen and oxygen atoms in total. The molecule has 126 valence electrons. The van der Waals surface area contributed by atoms with Crippen molar-refractivity contribution in [3.8, 4) is 23.3 Å². The number of rotatable bonds is 6. The van der Waals surface area contributed by atoms with E-state index in [1.54, 1.807) is 24.5 Å². The van der Waals surface area contributed by atoms with Crippen molar-refractivity contribution in [1.29, 1.82) is 0 Å². The normalized spacial score (nSPS) is 10.6. The third kappa shape index (κ3) is 4.94. The highest BCUT2D eigenvalue weighted by Crippen LogP contribution is 2.23. The third-order valence-corrected chi connectivity index (χ3v) is 4.26. The quantitative estimate of drug-likeness (QED) is 0.801. The molecule has 0 radical (unpaired) electrons. The molecule has 1 N–H and O–H groups in total. The topological polar surface area (TPSA) is 77.5 Å². The average molecular weight is 350 g/mol. The summed E-state index contributed by atoms with van der Waals surface area (Å²) in [5, 5.41) is 0. The summed E-state index contributed by atoms with van der Waals surface area (Å²) in [7, 11) is -2.63. The Kier molecular flexibility index (Phi) is 6.12. The standard InChI is InChI=1S/C16H15FN2O4S/c1-22-15-7-6-13(17)11-16(15)24(20,21)19-9-2-3-10-23-14-5-4-8-18-12-14/h4-8,11-12,19H,9-10H2,1H3. The fourth-order valence-electron chi connectivity index (χ4n) is 1.73. The molecule has 1 aromatic carbocycles. The van der Waals surface area contributed by atoms with E-state index >= 15 is 0 Å². The zero-order valence-electron chi connectivity index (χ0n) is 12.8. The number of hydrogen-bond acceptors (Lipinski definition) is 5. The Morgan fingerprint density at radius 3 is 2.83 bits per heavy atom. The van der Waals surface area contributed by atoms with Gasteiger partial charge in [-0.2, -0.15) is 4.72 Å². The maximum atomic E-state index is 13.3. The van der Waals surface area contributed by atoms with E-state index in [4.69, 9.17) is 9.47 Å². The van der Waals surface area contributed by atoms with E-state index in [1.165, 1.54) is 13.2 Å². The molecule has 0 amide bonds. The van der Waals surface area contributed by atoms with Gasteiger partial charge in [0.05, 0.1) is 19.9 Å². The van der Waals surface area contributed by atoms with Crippen LogP contribution >= 0.6 is 0 Å². The summed E-state index contributed by atoms with van der Waals surface area (Å²) < 4.78 is 50.1. The Balaban J connectivity index is 1.92. The summed E-state index contributed by atoms with van der Waals surface area (Å²) in [6, 6.07) is 6.71. The van der Waals surface area contributed by atoms with Crippen molar-refractivity contribution in [3.05, 3.63) is 48.5 Å². The van der Waals surface area contributed by atoms with Crippen molar-refractivity contribution in [1.82, 2.24) is 9.71 Å². The van der Waals surface area contributed by atoms with Crippen LogP contribution in [-0.2, 0) is 10.0 Å².